The highest BCUT2D eigenvalue weighted by Gasteiger charge is 2.14. The number of aromatic amines is 1. The molecule has 0 amide bonds. The van der Waals surface area contributed by atoms with Crippen molar-refractivity contribution in [3.8, 4) is 6.07 Å². The van der Waals surface area contributed by atoms with Crippen LogP contribution in [0.2, 0.25) is 0 Å². The van der Waals surface area contributed by atoms with Crippen LogP contribution in [-0.4, -0.2) is 25.5 Å². The van der Waals surface area contributed by atoms with Crippen LogP contribution >= 0.6 is 0 Å². The molecule has 9 heteroatoms. The zero-order valence-corrected chi connectivity index (χ0v) is 8.99. The number of hydrogen-bond donors (Lipinski definition) is 2. The van der Waals surface area contributed by atoms with Crippen molar-refractivity contribution in [2.24, 2.45) is 0 Å². The van der Waals surface area contributed by atoms with E-state index in [4.69, 9.17) is 5.26 Å². The Bertz CT molecular complexity index is 602. The van der Waals surface area contributed by atoms with E-state index in [2.05, 4.69) is 25.9 Å². The van der Waals surface area contributed by atoms with Crippen LogP contribution in [0.4, 0.5) is 11.4 Å². The Labute approximate surface area is 101 Å². The van der Waals surface area contributed by atoms with Crippen LogP contribution in [0.3, 0.4) is 0 Å². The standard InChI is InChI=1S/C9H7N7O2/c10-4-6-1-2-7(3-8(6)16(17)18)11-5-9-12-14-15-13-9/h1-3,11H,5H2,(H,12,13,14,15). The molecule has 0 saturated heterocycles. The topological polar surface area (TPSA) is 133 Å². The van der Waals surface area contributed by atoms with E-state index in [1.54, 1.807) is 12.1 Å². The molecule has 18 heavy (non-hydrogen) atoms. The van der Waals surface area contributed by atoms with Crippen molar-refractivity contribution < 1.29 is 4.92 Å². The molecule has 9 nitrogen and oxygen atoms in total. The Morgan fingerprint density at radius 2 is 2.39 bits per heavy atom. The van der Waals surface area contributed by atoms with E-state index in [1.807, 2.05) is 0 Å². The summed E-state index contributed by atoms with van der Waals surface area (Å²) >= 11 is 0. The smallest absolute Gasteiger partial charge is 0.289 e. The van der Waals surface area contributed by atoms with E-state index in [9.17, 15) is 10.1 Å². The van der Waals surface area contributed by atoms with Crippen molar-refractivity contribution in [3.63, 3.8) is 0 Å². The lowest BCUT2D eigenvalue weighted by Gasteiger charge is -2.03. The number of nitro groups is 1. The summed E-state index contributed by atoms with van der Waals surface area (Å²) in [4.78, 5) is 10.2. The van der Waals surface area contributed by atoms with Crippen molar-refractivity contribution in [2.45, 2.75) is 6.54 Å². The van der Waals surface area contributed by atoms with Crippen molar-refractivity contribution in [3.05, 3.63) is 39.7 Å². The van der Waals surface area contributed by atoms with Crippen molar-refractivity contribution >= 4 is 11.4 Å². The van der Waals surface area contributed by atoms with Gasteiger partial charge in [0.2, 0.25) is 0 Å². The summed E-state index contributed by atoms with van der Waals surface area (Å²) in [5.74, 6) is 0.432. The number of nitriles is 1. The Kier molecular flexibility index (Phi) is 3.11. The number of anilines is 1. The van der Waals surface area contributed by atoms with Crippen molar-refractivity contribution in [1.82, 2.24) is 20.6 Å². The molecule has 0 bridgehead atoms. The molecule has 0 radical (unpaired) electrons. The van der Waals surface area contributed by atoms with E-state index in [0.717, 1.165) is 0 Å². The second kappa shape index (κ2) is 4.88. The molecular weight excluding hydrogens is 238 g/mol. The summed E-state index contributed by atoms with van der Waals surface area (Å²) in [7, 11) is 0. The SMILES string of the molecule is N#Cc1ccc(NCc2nn[nH]n2)cc1[N+](=O)[O-]. The van der Waals surface area contributed by atoms with Gasteiger partial charge in [0.05, 0.1) is 11.5 Å². The third kappa shape index (κ3) is 2.38. The first-order valence-corrected chi connectivity index (χ1v) is 4.85. The zero-order valence-electron chi connectivity index (χ0n) is 8.99. The van der Waals surface area contributed by atoms with E-state index in [1.165, 1.54) is 12.1 Å². The maximum absolute atomic E-state index is 10.8. The molecule has 0 aliphatic carbocycles. The third-order valence-corrected chi connectivity index (χ3v) is 2.15. The molecule has 0 fully saturated rings. The van der Waals surface area contributed by atoms with Crippen LogP contribution < -0.4 is 5.32 Å². The predicted molar refractivity (Wildman–Crippen MR) is 59.3 cm³/mol. The summed E-state index contributed by atoms with van der Waals surface area (Å²) in [6, 6.07) is 6.02. The van der Waals surface area contributed by atoms with Gasteiger partial charge < -0.3 is 5.32 Å². The minimum absolute atomic E-state index is 0.0186. The van der Waals surface area contributed by atoms with Gasteiger partial charge in [0.15, 0.2) is 5.82 Å². The minimum atomic E-state index is -0.599. The highest BCUT2D eigenvalue weighted by atomic mass is 16.6. The Morgan fingerprint density at radius 3 is 3.00 bits per heavy atom. The van der Waals surface area contributed by atoms with Gasteiger partial charge in [0, 0.05) is 11.8 Å². The number of benzene rings is 1. The lowest BCUT2D eigenvalue weighted by atomic mass is 10.2. The molecule has 0 saturated carbocycles. The predicted octanol–water partition coefficient (Wildman–Crippen LogP) is 0.592. The lowest BCUT2D eigenvalue weighted by molar-refractivity contribution is -0.385. The molecule has 0 aliphatic rings. The van der Waals surface area contributed by atoms with Crippen LogP contribution in [0.25, 0.3) is 0 Å². The van der Waals surface area contributed by atoms with Crippen molar-refractivity contribution in [2.75, 3.05) is 5.32 Å². The average molecular weight is 245 g/mol. The molecule has 2 N–H and O–H groups in total. The Hall–Kier alpha value is -3.02. The number of rotatable bonds is 4. The fraction of sp³-hybridized carbons (Fsp3) is 0.111. The fourth-order valence-electron chi connectivity index (χ4n) is 1.33. The van der Waals surface area contributed by atoms with Crippen molar-refractivity contribution in [1.29, 1.82) is 5.26 Å². The van der Waals surface area contributed by atoms with Gasteiger partial charge in [-0.2, -0.15) is 10.5 Å². The van der Waals surface area contributed by atoms with Gasteiger partial charge in [-0.3, -0.25) is 10.1 Å². The van der Waals surface area contributed by atoms with Gasteiger partial charge in [0.25, 0.3) is 5.69 Å². The average Bonchev–Trinajstić information content (AvgIpc) is 2.89. The van der Waals surface area contributed by atoms with Crippen LogP contribution in [0, 0.1) is 21.4 Å². The zero-order chi connectivity index (χ0) is 13.0. The molecule has 2 rings (SSSR count). The molecule has 0 aliphatic heterocycles. The monoisotopic (exact) mass is 245 g/mol. The quantitative estimate of drug-likeness (QED) is 0.594. The normalized spacial score (nSPS) is 9.72. The molecule has 2 aromatic rings. The summed E-state index contributed by atoms with van der Waals surface area (Å²) in [6.45, 7) is 0.277. The molecule has 0 unspecified atom stereocenters. The van der Waals surface area contributed by atoms with Gasteiger partial charge in [0.1, 0.15) is 11.6 Å². The molecule has 90 valence electrons. The number of aromatic nitrogens is 4. The highest BCUT2D eigenvalue weighted by molar-refractivity contribution is 5.59. The van der Waals surface area contributed by atoms with E-state index in [-0.39, 0.29) is 17.8 Å². The van der Waals surface area contributed by atoms with Crippen LogP contribution in [0.5, 0.6) is 0 Å². The summed E-state index contributed by atoms with van der Waals surface area (Å²) in [5.41, 5.74) is 0.284. The second-order valence-electron chi connectivity index (χ2n) is 3.28. The van der Waals surface area contributed by atoms with Crippen LogP contribution in [0.1, 0.15) is 11.4 Å². The molecular formula is C9H7N7O2. The Balaban J connectivity index is 2.17. The van der Waals surface area contributed by atoms with Crippen LogP contribution in [-0.2, 0) is 6.54 Å². The maximum atomic E-state index is 10.8. The molecule has 1 heterocycles. The number of H-pyrrole nitrogens is 1. The summed E-state index contributed by atoms with van der Waals surface area (Å²) in [5, 5.41) is 35.5. The highest BCUT2D eigenvalue weighted by Crippen LogP contribution is 2.22. The maximum Gasteiger partial charge on any atom is 0.289 e. The summed E-state index contributed by atoms with van der Waals surface area (Å²) < 4.78 is 0. The Morgan fingerprint density at radius 1 is 1.56 bits per heavy atom. The lowest BCUT2D eigenvalue weighted by Crippen LogP contribution is -2.02. The van der Waals surface area contributed by atoms with Crippen LogP contribution in [0.15, 0.2) is 18.2 Å². The first kappa shape index (κ1) is 11.5. The number of tetrazole rings is 1. The second-order valence-corrected chi connectivity index (χ2v) is 3.28. The molecule has 0 atom stereocenters. The summed E-state index contributed by atoms with van der Waals surface area (Å²) in [6.07, 6.45) is 0. The molecule has 0 spiro atoms. The van der Waals surface area contributed by atoms with Gasteiger partial charge in [-0.25, -0.2) is 0 Å². The molecule has 1 aromatic carbocycles. The number of nitro benzene ring substituents is 1. The van der Waals surface area contributed by atoms with E-state index >= 15 is 0 Å². The number of hydrogen-bond acceptors (Lipinski definition) is 7. The van der Waals surface area contributed by atoms with E-state index < -0.39 is 4.92 Å². The van der Waals surface area contributed by atoms with Gasteiger partial charge in [-0.15, -0.1) is 10.2 Å². The largest absolute Gasteiger partial charge is 0.377 e. The van der Waals surface area contributed by atoms with Gasteiger partial charge >= 0.3 is 0 Å². The third-order valence-electron chi connectivity index (χ3n) is 2.15. The fourth-order valence-corrected chi connectivity index (χ4v) is 1.33. The minimum Gasteiger partial charge on any atom is -0.377 e. The van der Waals surface area contributed by atoms with Gasteiger partial charge in [-0.1, -0.05) is 5.21 Å². The molecule has 1 aromatic heterocycles. The van der Waals surface area contributed by atoms with E-state index in [0.29, 0.717) is 11.5 Å². The first-order valence-electron chi connectivity index (χ1n) is 4.85. The van der Waals surface area contributed by atoms with Gasteiger partial charge in [-0.05, 0) is 12.1 Å². The number of nitrogens with zero attached hydrogens (tertiary/aromatic N) is 5. The first-order chi connectivity index (χ1) is 8.70. The number of nitrogens with one attached hydrogen (secondary N) is 2.